The Kier molecular flexibility index (Phi) is 6.66. The Morgan fingerprint density at radius 1 is 0.714 bits per heavy atom. The summed E-state index contributed by atoms with van der Waals surface area (Å²) < 4.78 is 5.25. The number of benzene rings is 3. The zero-order valence-corrected chi connectivity index (χ0v) is 20.0. The summed E-state index contributed by atoms with van der Waals surface area (Å²) in [6.07, 6.45) is 0.685. The van der Waals surface area contributed by atoms with Crippen LogP contribution in [0.1, 0.15) is 35.4 Å². The maximum atomic E-state index is 13.5. The molecule has 2 fully saturated rings. The zero-order valence-electron chi connectivity index (χ0n) is 20.0. The van der Waals surface area contributed by atoms with E-state index in [9.17, 15) is 9.59 Å². The lowest BCUT2D eigenvalue weighted by molar-refractivity contribution is -0.124. The molecule has 5 heteroatoms. The molecule has 0 atom stereocenters. The SMILES string of the molecule is COc1ccc(C2CC(=O)C(=C3N(Cc4ccccc4)CCN3Cc3ccccc3)C(=O)C2)cc1. The second-order valence-corrected chi connectivity index (χ2v) is 9.24. The van der Waals surface area contributed by atoms with Crippen molar-refractivity contribution in [2.75, 3.05) is 20.2 Å². The molecule has 2 aliphatic rings. The zero-order chi connectivity index (χ0) is 24.2. The summed E-state index contributed by atoms with van der Waals surface area (Å²) in [5, 5.41) is 0. The van der Waals surface area contributed by atoms with Crippen LogP contribution in [0.2, 0.25) is 0 Å². The highest BCUT2D eigenvalue weighted by molar-refractivity contribution is 6.22. The fraction of sp³-hybridized carbons (Fsp3) is 0.267. The van der Waals surface area contributed by atoms with E-state index in [0.29, 0.717) is 31.5 Å². The van der Waals surface area contributed by atoms with Crippen molar-refractivity contribution < 1.29 is 14.3 Å². The van der Waals surface area contributed by atoms with E-state index >= 15 is 0 Å². The highest BCUT2D eigenvalue weighted by Gasteiger charge is 2.38. The molecule has 5 nitrogen and oxygen atoms in total. The van der Waals surface area contributed by atoms with Crippen LogP contribution < -0.4 is 4.74 Å². The van der Waals surface area contributed by atoms with E-state index in [2.05, 4.69) is 34.1 Å². The molecule has 5 rings (SSSR count). The monoisotopic (exact) mass is 466 g/mol. The first-order chi connectivity index (χ1) is 17.1. The van der Waals surface area contributed by atoms with Gasteiger partial charge in [-0.1, -0.05) is 72.8 Å². The lowest BCUT2D eigenvalue weighted by atomic mass is 9.79. The first-order valence-corrected chi connectivity index (χ1v) is 12.1. The van der Waals surface area contributed by atoms with Crippen LogP contribution in [0.4, 0.5) is 0 Å². The first-order valence-electron chi connectivity index (χ1n) is 12.1. The molecule has 1 heterocycles. The number of carbonyl (C=O) groups is 2. The average molecular weight is 467 g/mol. The van der Waals surface area contributed by atoms with E-state index in [4.69, 9.17) is 4.74 Å². The van der Waals surface area contributed by atoms with Crippen molar-refractivity contribution in [3.8, 4) is 5.75 Å². The fourth-order valence-corrected chi connectivity index (χ4v) is 5.13. The summed E-state index contributed by atoms with van der Waals surface area (Å²) in [5.41, 5.74) is 3.71. The smallest absolute Gasteiger partial charge is 0.170 e. The van der Waals surface area contributed by atoms with Gasteiger partial charge < -0.3 is 14.5 Å². The molecule has 0 bridgehead atoms. The predicted molar refractivity (Wildman–Crippen MR) is 136 cm³/mol. The van der Waals surface area contributed by atoms with Crippen molar-refractivity contribution in [3.05, 3.63) is 113 Å². The Morgan fingerprint density at radius 2 is 1.20 bits per heavy atom. The molecular weight excluding hydrogens is 436 g/mol. The van der Waals surface area contributed by atoms with Gasteiger partial charge in [-0.15, -0.1) is 0 Å². The molecule has 0 radical (unpaired) electrons. The number of Topliss-reactive ketones (excluding diaryl/α,β-unsaturated/α-hetero) is 2. The summed E-state index contributed by atoms with van der Waals surface area (Å²) in [7, 11) is 1.63. The van der Waals surface area contributed by atoms with Gasteiger partial charge in [0.25, 0.3) is 0 Å². The van der Waals surface area contributed by atoms with Gasteiger partial charge in [0.05, 0.1) is 7.11 Å². The summed E-state index contributed by atoms with van der Waals surface area (Å²) in [6, 6.07) is 28.2. The first kappa shape index (κ1) is 22.9. The normalized spacial score (nSPS) is 18.4. The van der Waals surface area contributed by atoms with Crippen LogP contribution in [0.3, 0.4) is 0 Å². The third kappa shape index (κ3) is 4.99. The van der Waals surface area contributed by atoms with Crippen LogP contribution in [0.15, 0.2) is 96.3 Å². The highest BCUT2D eigenvalue weighted by Crippen LogP contribution is 2.36. The van der Waals surface area contributed by atoms with Gasteiger partial charge in [-0.2, -0.15) is 0 Å². The number of ether oxygens (including phenoxy) is 1. The molecule has 178 valence electrons. The van der Waals surface area contributed by atoms with Gasteiger partial charge in [0.15, 0.2) is 11.6 Å². The van der Waals surface area contributed by atoms with Crippen LogP contribution in [0.25, 0.3) is 0 Å². The number of ketones is 2. The summed E-state index contributed by atoms with van der Waals surface area (Å²) in [6.45, 7) is 2.91. The largest absolute Gasteiger partial charge is 0.497 e. The van der Waals surface area contributed by atoms with Crippen molar-refractivity contribution in [2.24, 2.45) is 0 Å². The van der Waals surface area contributed by atoms with E-state index in [0.717, 1.165) is 30.2 Å². The minimum Gasteiger partial charge on any atom is -0.497 e. The number of nitrogens with zero attached hydrogens (tertiary/aromatic N) is 2. The van der Waals surface area contributed by atoms with Crippen LogP contribution >= 0.6 is 0 Å². The minimum absolute atomic E-state index is 0.0601. The van der Waals surface area contributed by atoms with Crippen molar-refractivity contribution in [2.45, 2.75) is 31.8 Å². The Hall–Kier alpha value is -3.86. The van der Waals surface area contributed by atoms with Crippen LogP contribution in [-0.2, 0) is 22.7 Å². The fourth-order valence-electron chi connectivity index (χ4n) is 5.13. The summed E-state index contributed by atoms with van der Waals surface area (Å²) >= 11 is 0. The highest BCUT2D eigenvalue weighted by atomic mass is 16.5. The Bertz CT molecular complexity index is 1150. The van der Waals surface area contributed by atoms with Gasteiger partial charge in [0, 0.05) is 39.0 Å². The molecular formula is C30H30N2O3. The topological polar surface area (TPSA) is 49.9 Å². The van der Waals surface area contributed by atoms with Crippen LogP contribution in [0, 0.1) is 0 Å². The molecule has 1 saturated heterocycles. The van der Waals surface area contributed by atoms with Gasteiger partial charge >= 0.3 is 0 Å². The summed E-state index contributed by atoms with van der Waals surface area (Å²) in [4.78, 5) is 31.5. The number of hydrogen-bond donors (Lipinski definition) is 0. The minimum atomic E-state index is -0.100. The van der Waals surface area contributed by atoms with E-state index in [1.54, 1.807) is 7.11 Å². The standard InChI is InChI=1S/C30H30N2O3/c1-35-26-14-12-24(13-15-26)25-18-27(33)29(28(34)19-25)30-31(20-22-8-4-2-5-9-22)16-17-32(30)21-23-10-6-3-7-11-23/h2-15,25H,16-21H2,1H3. The molecule has 1 aliphatic heterocycles. The predicted octanol–water partition coefficient (Wildman–Crippen LogP) is 4.94. The number of allylic oxidation sites excluding steroid dienone is 1. The summed E-state index contributed by atoms with van der Waals surface area (Å²) in [5.74, 6) is 1.34. The van der Waals surface area contributed by atoms with Crippen molar-refractivity contribution in [3.63, 3.8) is 0 Å². The van der Waals surface area contributed by atoms with Gasteiger partial charge in [-0.05, 0) is 34.7 Å². The van der Waals surface area contributed by atoms with E-state index in [1.807, 2.05) is 60.7 Å². The maximum Gasteiger partial charge on any atom is 0.170 e. The van der Waals surface area contributed by atoms with E-state index in [-0.39, 0.29) is 17.5 Å². The van der Waals surface area contributed by atoms with Crippen LogP contribution in [-0.4, -0.2) is 41.6 Å². The van der Waals surface area contributed by atoms with Gasteiger partial charge in [0.2, 0.25) is 0 Å². The molecule has 1 aliphatic carbocycles. The van der Waals surface area contributed by atoms with E-state index < -0.39 is 0 Å². The second-order valence-electron chi connectivity index (χ2n) is 9.24. The number of carbonyl (C=O) groups excluding carboxylic acids is 2. The third-order valence-electron chi connectivity index (χ3n) is 6.90. The lowest BCUT2D eigenvalue weighted by Crippen LogP contribution is -2.33. The molecule has 3 aromatic rings. The van der Waals surface area contributed by atoms with E-state index in [1.165, 1.54) is 11.1 Å². The number of hydrogen-bond acceptors (Lipinski definition) is 5. The molecule has 0 N–H and O–H groups in total. The third-order valence-corrected chi connectivity index (χ3v) is 6.90. The van der Waals surface area contributed by atoms with Gasteiger partial charge in [-0.3, -0.25) is 9.59 Å². The maximum absolute atomic E-state index is 13.5. The molecule has 0 spiro atoms. The molecule has 0 aromatic heterocycles. The van der Waals surface area contributed by atoms with Gasteiger partial charge in [-0.25, -0.2) is 0 Å². The molecule has 1 saturated carbocycles. The van der Waals surface area contributed by atoms with Crippen molar-refractivity contribution >= 4 is 11.6 Å². The Labute approximate surface area is 206 Å². The van der Waals surface area contributed by atoms with Gasteiger partial charge in [0.1, 0.15) is 17.1 Å². The van der Waals surface area contributed by atoms with Crippen molar-refractivity contribution in [1.82, 2.24) is 9.80 Å². The number of methoxy groups -OCH3 is 1. The number of rotatable bonds is 6. The average Bonchev–Trinajstić information content (AvgIpc) is 3.26. The second kappa shape index (κ2) is 10.2. The Balaban J connectivity index is 1.46. The van der Waals surface area contributed by atoms with Crippen LogP contribution in [0.5, 0.6) is 5.75 Å². The lowest BCUT2D eigenvalue weighted by Gasteiger charge is -2.30. The molecule has 0 amide bonds. The quantitative estimate of drug-likeness (QED) is 0.380. The van der Waals surface area contributed by atoms with Crippen molar-refractivity contribution in [1.29, 1.82) is 0 Å². The molecule has 0 unspecified atom stereocenters. The Morgan fingerprint density at radius 3 is 1.66 bits per heavy atom. The molecule has 3 aromatic carbocycles. The molecule has 35 heavy (non-hydrogen) atoms.